The largest absolute Gasteiger partial charge is 0.357 e. The first-order chi connectivity index (χ1) is 12.3. The highest BCUT2D eigenvalue weighted by Crippen LogP contribution is 2.18. The Balaban J connectivity index is 0.00000243. The number of pyridine rings is 1. The highest BCUT2D eigenvalue weighted by atomic mass is 127. The number of nitrogens with zero attached hydrogens (tertiary/aromatic N) is 4. The molecule has 0 saturated carbocycles. The Bertz CT molecular complexity index is 680. The minimum absolute atomic E-state index is 0. The van der Waals surface area contributed by atoms with E-state index in [2.05, 4.69) is 52.1 Å². The van der Waals surface area contributed by atoms with E-state index in [1.54, 1.807) is 0 Å². The first-order valence-corrected chi connectivity index (χ1v) is 9.88. The predicted octanol–water partition coefficient (Wildman–Crippen LogP) is 3.61. The SMILES string of the molecule is CCNC(=NCc1ccc(CC)s1)N1CCN(c2ccccn2)CC1.I. The second-order valence-corrected chi connectivity index (χ2v) is 7.31. The quantitative estimate of drug-likeness (QED) is 0.399. The number of thiophene rings is 1. The van der Waals surface area contributed by atoms with Gasteiger partial charge in [-0.3, -0.25) is 0 Å². The van der Waals surface area contributed by atoms with Crippen LogP contribution in [0.25, 0.3) is 0 Å². The van der Waals surface area contributed by atoms with Crippen molar-refractivity contribution in [2.45, 2.75) is 26.8 Å². The summed E-state index contributed by atoms with van der Waals surface area (Å²) in [4.78, 5) is 16.8. The number of halogens is 1. The molecule has 3 heterocycles. The molecule has 0 unspecified atom stereocenters. The van der Waals surface area contributed by atoms with E-state index in [4.69, 9.17) is 4.99 Å². The van der Waals surface area contributed by atoms with Crippen molar-refractivity contribution in [3.05, 3.63) is 46.3 Å². The smallest absolute Gasteiger partial charge is 0.194 e. The number of nitrogens with one attached hydrogen (secondary N) is 1. The number of hydrogen-bond donors (Lipinski definition) is 1. The van der Waals surface area contributed by atoms with E-state index in [1.165, 1.54) is 9.75 Å². The zero-order chi connectivity index (χ0) is 17.5. The lowest BCUT2D eigenvalue weighted by Gasteiger charge is -2.37. The van der Waals surface area contributed by atoms with Crippen LogP contribution in [0.15, 0.2) is 41.5 Å². The van der Waals surface area contributed by atoms with Gasteiger partial charge in [-0.05, 0) is 37.6 Å². The number of guanidine groups is 1. The molecule has 0 atom stereocenters. The van der Waals surface area contributed by atoms with Crippen LogP contribution in [-0.4, -0.2) is 48.6 Å². The number of hydrogen-bond acceptors (Lipinski definition) is 4. The minimum atomic E-state index is 0. The van der Waals surface area contributed by atoms with Gasteiger partial charge in [0.15, 0.2) is 5.96 Å². The van der Waals surface area contributed by atoms with Crippen LogP contribution in [0.3, 0.4) is 0 Å². The van der Waals surface area contributed by atoms with Gasteiger partial charge in [-0.15, -0.1) is 35.3 Å². The molecule has 1 N–H and O–H groups in total. The van der Waals surface area contributed by atoms with Gasteiger partial charge in [0, 0.05) is 48.7 Å². The summed E-state index contributed by atoms with van der Waals surface area (Å²) in [5.74, 6) is 2.09. The number of aryl methyl sites for hydroxylation is 1. The second kappa shape index (κ2) is 10.7. The molecule has 0 aliphatic carbocycles. The van der Waals surface area contributed by atoms with Crippen LogP contribution < -0.4 is 10.2 Å². The summed E-state index contributed by atoms with van der Waals surface area (Å²) in [6.45, 7) is 9.85. The second-order valence-electron chi connectivity index (χ2n) is 6.05. The number of piperazine rings is 1. The molecule has 26 heavy (non-hydrogen) atoms. The van der Waals surface area contributed by atoms with Gasteiger partial charge in [0.1, 0.15) is 5.82 Å². The molecule has 0 radical (unpaired) electrons. The van der Waals surface area contributed by atoms with Crippen LogP contribution in [0.5, 0.6) is 0 Å². The van der Waals surface area contributed by atoms with E-state index in [9.17, 15) is 0 Å². The van der Waals surface area contributed by atoms with Crippen LogP contribution in [0.1, 0.15) is 23.6 Å². The summed E-state index contributed by atoms with van der Waals surface area (Å²) in [7, 11) is 0. The maximum absolute atomic E-state index is 4.86. The average Bonchev–Trinajstić information content (AvgIpc) is 3.14. The molecule has 7 heteroatoms. The minimum Gasteiger partial charge on any atom is -0.357 e. The van der Waals surface area contributed by atoms with Crippen molar-refractivity contribution >= 4 is 47.1 Å². The average molecular weight is 485 g/mol. The molecule has 3 rings (SSSR count). The highest BCUT2D eigenvalue weighted by molar-refractivity contribution is 14.0. The van der Waals surface area contributed by atoms with Crippen molar-refractivity contribution in [2.24, 2.45) is 4.99 Å². The third kappa shape index (κ3) is 5.57. The van der Waals surface area contributed by atoms with Crippen molar-refractivity contribution in [3.63, 3.8) is 0 Å². The van der Waals surface area contributed by atoms with Gasteiger partial charge >= 0.3 is 0 Å². The van der Waals surface area contributed by atoms with E-state index in [-0.39, 0.29) is 24.0 Å². The molecular weight excluding hydrogens is 457 g/mol. The first kappa shape index (κ1) is 21.0. The molecule has 1 aliphatic rings. The zero-order valence-corrected chi connectivity index (χ0v) is 18.7. The monoisotopic (exact) mass is 485 g/mol. The van der Waals surface area contributed by atoms with E-state index < -0.39 is 0 Å². The maximum atomic E-state index is 4.86. The van der Waals surface area contributed by atoms with Gasteiger partial charge in [0.05, 0.1) is 6.54 Å². The van der Waals surface area contributed by atoms with Gasteiger partial charge in [-0.2, -0.15) is 0 Å². The summed E-state index contributed by atoms with van der Waals surface area (Å²) in [6.07, 6.45) is 2.96. The summed E-state index contributed by atoms with van der Waals surface area (Å²) in [5, 5.41) is 3.44. The van der Waals surface area contributed by atoms with Crippen LogP contribution in [0.4, 0.5) is 5.82 Å². The third-order valence-corrected chi connectivity index (χ3v) is 5.55. The summed E-state index contributed by atoms with van der Waals surface area (Å²) in [6, 6.07) is 10.5. The van der Waals surface area contributed by atoms with E-state index in [0.29, 0.717) is 0 Å². The van der Waals surface area contributed by atoms with Gasteiger partial charge in [-0.25, -0.2) is 9.98 Å². The lowest BCUT2D eigenvalue weighted by Crippen LogP contribution is -2.52. The van der Waals surface area contributed by atoms with Crippen molar-refractivity contribution in [3.8, 4) is 0 Å². The van der Waals surface area contributed by atoms with Crippen LogP contribution in [0, 0.1) is 0 Å². The molecule has 1 fully saturated rings. The molecule has 2 aromatic rings. The van der Waals surface area contributed by atoms with E-state index in [1.807, 2.05) is 29.7 Å². The zero-order valence-electron chi connectivity index (χ0n) is 15.5. The summed E-state index contributed by atoms with van der Waals surface area (Å²) >= 11 is 1.87. The van der Waals surface area contributed by atoms with Crippen molar-refractivity contribution in [1.29, 1.82) is 0 Å². The fraction of sp³-hybridized carbons (Fsp3) is 0.474. The molecule has 0 spiro atoms. The Morgan fingerprint density at radius 1 is 1.12 bits per heavy atom. The standard InChI is InChI=1S/C19H27N5S.HI/c1-3-16-8-9-17(25-16)15-22-19(20-4-2)24-13-11-23(12-14-24)18-7-5-6-10-21-18;/h5-10H,3-4,11-15H2,1-2H3,(H,20,22);1H. The number of aromatic nitrogens is 1. The Labute approximate surface area is 177 Å². The molecule has 0 aromatic carbocycles. The Morgan fingerprint density at radius 3 is 2.50 bits per heavy atom. The van der Waals surface area contributed by atoms with Crippen molar-refractivity contribution < 1.29 is 0 Å². The summed E-state index contributed by atoms with van der Waals surface area (Å²) in [5.41, 5.74) is 0. The van der Waals surface area contributed by atoms with Crippen molar-refractivity contribution in [2.75, 3.05) is 37.6 Å². The Kier molecular flexibility index (Phi) is 8.64. The van der Waals surface area contributed by atoms with E-state index >= 15 is 0 Å². The fourth-order valence-electron chi connectivity index (χ4n) is 2.96. The first-order valence-electron chi connectivity index (χ1n) is 9.07. The lowest BCUT2D eigenvalue weighted by molar-refractivity contribution is 0.371. The van der Waals surface area contributed by atoms with Crippen LogP contribution in [0.2, 0.25) is 0 Å². The fourth-order valence-corrected chi connectivity index (χ4v) is 3.85. The highest BCUT2D eigenvalue weighted by Gasteiger charge is 2.20. The predicted molar refractivity (Wildman–Crippen MR) is 122 cm³/mol. The molecule has 2 aromatic heterocycles. The van der Waals surface area contributed by atoms with Crippen molar-refractivity contribution in [1.82, 2.24) is 15.2 Å². The van der Waals surface area contributed by atoms with Gasteiger partial charge in [0.2, 0.25) is 0 Å². The molecule has 0 amide bonds. The topological polar surface area (TPSA) is 43.8 Å². The number of aliphatic imine (C=N–C) groups is 1. The molecule has 5 nitrogen and oxygen atoms in total. The number of rotatable bonds is 5. The third-order valence-electron chi connectivity index (χ3n) is 4.34. The van der Waals surface area contributed by atoms with Gasteiger partial charge in [-0.1, -0.05) is 13.0 Å². The number of anilines is 1. The van der Waals surface area contributed by atoms with Crippen LogP contribution in [-0.2, 0) is 13.0 Å². The summed E-state index contributed by atoms with van der Waals surface area (Å²) < 4.78 is 0. The van der Waals surface area contributed by atoms with Gasteiger partial charge < -0.3 is 15.1 Å². The van der Waals surface area contributed by atoms with Gasteiger partial charge in [0.25, 0.3) is 0 Å². The van der Waals surface area contributed by atoms with E-state index in [0.717, 1.165) is 57.5 Å². The maximum Gasteiger partial charge on any atom is 0.194 e. The molecule has 142 valence electrons. The Morgan fingerprint density at radius 2 is 1.88 bits per heavy atom. The Hall–Kier alpha value is -1.35. The molecule has 1 saturated heterocycles. The van der Waals surface area contributed by atoms with Crippen LogP contribution >= 0.6 is 35.3 Å². The molecular formula is C19H28IN5S. The molecule has 0 bridgehead atoms. The molecule has 1 aliphatic heterocycles. The lowest BCUT2D eigenvalue weighted by atomic mass is 10.3. The normalized spacial score (nSPS) is 14.9.